The van der Waals surface area contributed by atoms with E-state index < -0.39 is 0 Å². The van der Waals surface area contributed by atoms with Gasteiger partial charge in [-0.3, -0.25) is 14.4 Å². The van der Waals surface area contributed by atoms with Crippen LogP contribution in [0.15, 0.2) is 42.7 Å². The van der Waals surface area contributed by atoms with Gasteiger partial charge in [0, 0.05) is 33.2 Å². The van der Waals surface area contributed by atoms with Crippen LogP contribution in [-0.4, -0.2) is 41.9 Å². The summed E-state index contributed by atoms with van der Waals surface area (Å²) in [6, 6.07) is 12.1. The molecule has 1 aliphatic rings. The smallest absolute Gasteiger partial charge is 0.272 e. The van der Waals surface area contributed by atoms with Crippen molar-refractivity contribution < 1.29 is 4.79 Å². The van der Waals surface area contributed by atoms with E-state index >= 15 is 0 Å². The first-order valence-electron chi connectivity index (χ1n) is 9.58. The van der Waals surface area contributed by atoms with Crippen molar-refractivity contribution in [1.29, 1.82) is 0 Å². The van der Waals surface area contributed by atoms with E-state index in [2.05, 4.69) is 49.8 Å². The molecule has 0 aliphatic carbocycles. The van der Waals surface area contributed by atoms with Crippen LogP contribution in [-0.2, 0) is 26.7 Å². The van der Waals surface area contributed by atoms with Gasteiger partial charge in [0.15, 0.2) is 11.5 Å². The average Bonchev–Trinajstić information content (AvgIpc) is 3.24. The van der Waals surface area contributed by atoms with Gasteiger partial charge in [0.2, 0.25) is 0 Å². The maximum atomic E-state index is 12.7. The molecule has 0 unspecified atom stereocenters. The fourth-order valence-corrected chi connectivity index (χ4v) is 3.64. The minimum absolute atomic E-state index is 0.189. The third-order valence-electron chi connectivity index (χ3n) is 5.06. The van der Waals surface area contributed by atoms with Crippen LogP contribution in [0.1, 0.15) is 47.0 Å². The molecule has 4 rings (SSSR count). The molecule has 1 amide bonds. The average molecular weight is 379 g/mol. The second-order valence-corrected chi connectivity index (χ2v) is 7.29. The topological polar surface area (TPSA) is 80.9 Å². The fourth-order valence-electron chi connectivity index (χ4n) is 3.64. The summed E-state index contributed by atoms with van der Waals surface area (Å²) >= 11 is 0. The number of aryl methyl sites for hydroxylation is 2. The molecular formula is C20H25N7O. The number of hydrogen-bond acceptors (Lipinski definition) is 5. The number of rotatable bonds is 5. The summed E-state index contributed by atoms with van der Waals surface area (Å²) in [5.74, 6) is 0.522. The van der Waals surface area contributed by atoms with Gasteiger partial charge in [-0.2, -0.15) is 5.10 Å². The Bertz CT molecular complexity index is 947. The molecule has 0 fully saturated rings. The molecule has 0 radical (unpaired) electrons. The molecule has 0 saturated carbocycles. The van der Waals surface area contributed by atoms with E-state index in [0.717, 1.165) is 38.3 Å². The zero-order valence-corrected chi connectivity index (χ0v) is 16.2. The van der Waals surface area contributed by atoms with Gasteiger partial charge in [0.25, 0.3) is 5.91 Å². The number of nitrogens with zero attached hydrogens (tertiary/aromatic N) is 6. The summed E-state index contributed by atoms with van der Waals surface area (Å²) in [6.07, 6.45) is 2.63. The Morgan fingerprint density at radius 3 is 2.82 bits per heavy atom. The van der Waals surface area contributed by atoms with Crippen LogP contribution in [0.2, 0.25) is 0 Å². The zero-order valence-electron chi connectivity index (χ0n) is 16.2. The molecule has 28 heavy (non-hydrogen) atoms. The van der Waals surface area contributed by atoms with Crippen molar-refractivity contribution in [3.8, 4) is 0 Å². The minimum Gasteiger partial charge on any atom is -0.341 e. The Labute approximate surface area is 164 Å². The summed E-state index contributed by atoms with van der Waals surface area (Å²) in [5.41, 5.74) is 2.82. The van der Waals surface area contributed by atoms with E-state index in [1.165, 1.54) is 5.56 Å². The van der Waals surface area contributed by atoms with Crippen molar-refractivity contribution in [2.45, 2.75) is 39.0 Å². The largest absolute Gasteiger partial charge is 0.341 e. The Morgan fingerprint density at radius 2 is 2.07 bits per heavy atom. The highest BCUT2D eigenvalue weighted by Crippen LogP contribution is 2.17. The van der Waals surface area contributed by atoms with Crippen molar-refractivity contribution in [1.82, 2.24) is 34.8 Å². The number of aromatic nitrogens is 5. The number of nitrogens with one attached hydrogen (secondary N) is 1. The number of amides is 1. The molecule has 0 bridgehead atoms. The van der Waals surface area contributed by atoms with Gasteiger partial charge < -0.3 is 9.88 Å². The molecule has 3 aromatic rings. The lowest BCUT2D eigenvalue weighted by atomic mass is 10.2. The first-order valence-corrected chi connectivity index (χ1v) is 9.58. The van der Waals surface area contributed by atoms with Crippen LogP contribution in [0.5, 0.6) is 0 Å². The fraction of sp³-hybridized carbons (Fsp3) is 0.400. The normalized spacial score (nSPS) is 15.6. The molecule has 146 valence electrons. The van der Waals surface area contributed by atoms with E-state index in [0.29, 0.717) is 11.5 Å². The first kappa shape index (κ1) is 18.4. The predicted molar refractivity (Wildman–Crippen MR) is 104 cm³/mol. The highest BCUT2D eigenvalue weighted by atomic mass is 16.2. The van der Waals surface area contributed by atoms with Crippen molar-refractivity contribution in [2.75, 3.05) is 6.54 Å². The highest BCUT2D eigenvalue weighted by Gasteiger charge is 2.22. The molecule has 8 nitrogen and oxygen atoms in total. The standard InChI is InChI=1S/C20H25N7O/c1-15(19-23-21-14-25(19)2)22-20(28)18-11-17-13-26(9-6-10-27(17)24-18)12-16-7-4-3-5-8-16/h3-5,7-8,11,14-15H,6,9-10,12-13H2,1-2H3,(H,22,28)/t15-/m0/s1. The van der Waals surface area contributed by atoms with E-state index in [9.17, 15) is 4.79 Å². The summed E-state index contributed by atoms with van der Waals surface area (Å²) in [4.78, 5) is 15.1. The van der Waals surface area contributed by atoms with E-state index in [1.807, 2.05) is 30.8 Å². The van der Waals surface area contributed by atoms with Gasteiger partial charge in [-0.1, -0.05) is 30.3 Å². The van der Waals surface area contributed by atoms with E-state index in [1.54, 1.807) is 10.9 Å². The lowest BCUT2D eigenvalue weighted by Gasteiger charge is -2.19. The van der Waals surface area contributed by atoms with E-state index in [4.69, 9.17) is 0 Å². The second kappa shape index (κ2) is 7.93. The third-order valence-corrected chi connectivity index (χ3v) is 5.06. The van der Waals surface area contributed by atoms with Crippen molar-refractivity contribution in [3.05, 3.63) is 65.5 Å². The number of benzene rings is 1. The summed E-state index contributed by atoms with van der Waals surface area (Å²) in [5, 5.41) is 15.4. The summed E-state index contributed by atoms with van der Waals surface area (Å²) in [7, 11) is 1.86. The number of carbonyl (C=O) groups is 1. The molecule has 1 aliphatic heterocycles. The summed E-state index contributed by atoms with van der Waals surface area (Å²) in [6.45, 7) is 5.42. The van der Waals surface area contributed by atoms with Crippen LogP contribution >= 0.6 is 0 Å². The Morgan fingerprint density at radius 1 is 1.25 bits per heavy atom. The van der Waals surface area contributed by atoms with Crippen LogP contribution in [0.4, 0.5) is 0 Å². The van der Waals surface area contributed by atoms with Gasteiger partial charge in [-0.15, -0.1) is 10.2 Å². The lowest BCUT2D eigenvalue weighted by Crippen LogP contribution is -2.29. The van der Waals surface area contributed by atoms with Gasteiger partial charge in [0.05, 0.1) is 11.7 Å². The Balaban J connectivity index is 1.45. The van der Waals surface area contributed by atoms with Crippen LogP contribution in [0, 0.1) is 0 Å². The Kier molecular flexibility index (Phi) is 5.21. The zero-order chi connectivity index (χ0) is 19.5. The van der Waals surface area contributed by atoms with Crippen molar-refractivity contribution in [3.63, 3.8) is 0 Å². The van der Waals surface area contributed by atoms with Gasteiger partial charge in [-0.05, 0) is 25.0 Å². The molecule has 0 spiro atoms. The van der Waals surface area contributed by atoms with Gasteiger partial charge >= 0.3 is 0 Å². The maximum absolute atomic E-state index is 12.7. The van der Waals surface area contributed by atoms with Gasteiger partial charge in [-0.25, -0.2) is 0 Å². The first-order chi connectivity index (χ1) is 13.6. The quantitative estimate of drug-likeness (QED) is 0.732. The number of carbonyl (C=O) groups excluding carboxylic acids is 1. The molecule has 8 heteroatoms. The van der Waals surface area contributed by atoms with Crippen LogP contribution in [0.25, 0.3) is 0 Å². The molecule has 2 aromatic heterocycles. The second-order valence-electron chi connectivity index (χ2n) is 7.29. The molecular weight excluding hydrogens is 354 g/mol. The minimum atomic E-state index is -0.240. The molecule has 0 saturated heterocycles. The van der Waals surface area contributed by atoms with Crippen LogP contribution in [0.3, 0.4) is 0 Å². The van der Waals surface area contributed by atoms with Gasteiger partial charge in [0.1, 0.15) is 6.33 Å². The third kappa shape index (κ3) is 3.96. The number of fused-ring (bicyclic) bond motifs is 1. The molecule has 1 N–H and O–H groups in total. The number of hydrogen-bond donors (Lipinski definition) is 1. The Hall–Kier alpha value is -3.00. The van der Waals surface area contributed by atoms with Crippen LogP contribution < -0.4 is 5.32 Å². The maximum Gasteiger partial charge on any atom is 0.272 e. The van der Waals surface area contributed by atoms with Crippen molar-refractivity contribution >= 4 is 5.91 Å². The summed E-state index contributed by atoms with van der Waals surface area (Å²) < 4.78 is 3.77. The predicted octanol–water partition coefficient (Wildman–Crippen LogP) is 1.91. The van der Waals surface area contributed by atoms with Crippen molar-refractivity contribution in [2.24, 2.45) is 7.05 Å². The molecule has 1 atom stereocenters. The SMILES string of the molecule is C[C@H](NC(=O)c1cc2n(n1)CCCN(Cc1ccccc1)C2)c1nncn1C. The lowest BCUT2D eigenvalue weighted by molar-refractivity contribution is 0.0931. The highest BCUT2D eigenvalue weighted by molar-refractivity contribution is 5.92. The monoisotopic (exact) mass is 379 g/mol. The molecule has 1 aromatic carbocycles. The molecule has 3 heterocycles. The van der Waals surface area contributed by atoms with E-state index in [-0.39, 0.29) is 11.9 Å².